The molecule has 2 unspecified atom stereocenters. The second kappa shape index (κ2) is 7.71. The maximum Gasteiger partial charge on any atom is 0.270 e. The Kier molecular flexibility index (Phi) is 5.93. The van der Waals surface area contributed by atoms with Crippen LogP contribution < -0.4 is 10.9 Å². The Morgan fingerprint density at radius 1 is 1.23 bits per heavy atom. The van der Waals surface area contributed by atoms with E-state index in [0.717, 1.165) is 0 Å². The highest BCUT2D eigenvalue weighted by Gasteiger charge is 2.23. The van der Waals surface area contributed by atoms with Crippen LogP contribution in [0.4, 0.5) is 0 Å². The molecule has 1 saturated heterocycles. The van der Waals surface area contributed by atoms with Crippen molar-refractivity contribution in [1.29, 1.82) is 0 Å². The second-order valence-corrected chi connectivity index (χ2v) is 6.29. The molecule has 2 amide bonds. The second-order valence-electron chi connectivity index (χ2n) is 5.43. The first-order chi connectivity index (χ1) is 10.5. The average Bonchev–Trinajstić information content (AvgIpc) is 2.44. The molecule has 0 bridgehead atoms. The summed E-state index contributed by atoms with van der Waals surface area (Å²) in [6.07, 6.45) is 0.206. The van der Waals surface area contributed by atoms with Crippen molar-refractivity contribution in [3.63, 3.8) is 0 Å². The fourth-order valence-electron chi connectivity index (χ4n) is 2.50. The number of ether oxygens (including phenoxy) is 1. The number of carbonyl (C=O) groups excluding carboxylic acids is 2. The van der Waals surface area contributed by atoms with E-state index in [1.165, 1.54) is 0 Å². The summed E-state index contributed by atoms with van der Waals surface area (Å²) in [5.74, 6) is -0.605. The van der Waals surface area contributed by atoms with Gasteiger partial charge in [0.25, 0.3) is 11.8 Å². The fraction of sp³-hybridized carbons (Fsp3) is 0.467. The molecule has 1 heterocycles. The molecule has 2 rings (SSSR count). The highest BCUT2D eigenvalue weighted by atomic mass is 79.9. The van der Waals surface area contributed by atoms with Gasteiger partial charge in [-0.1, -0.05) is 12.1 Å². The summed E-state index contributed by atoms with van der Waals surface area (Å²) >= 11 is 3.30. The summed E-state index contributed by atoms with van der Waals surface area (Å²) < 4.78 is 6.30. The van der Waals surface area contributed by atoms with E-state index in [9.17, 15) is 9.59 Å². The molecule has 1 fully saturated rings. The zero-order valence-electron chi connectivity index (χ0n) is 12.6. The standard InChI is InChI=1S/C15H20BrN3O3/c1-10-7-19(8-11(2)22-10)9-14(20)17-18-15(21)12-5-3-4-6-13(12)16/h3-6,10-11H,7-9H2,1-2H3,(H,17,20)(H,18,21). The van der Waals surface area contributed by atoms with Crippen LogP contribution in [0.1, 0.15) is 24.2 Å². The van der Waals surface area contributed by atoms with Crippen molar-refractivity contribution in [1.82, 2.24) is 15.8 Å². The van der Waals surface area contributed by atoms with Gasteiger partial charge in [0.05, 0.1) is 24.3 Å². The van der Waals surface area contributed by atoms with Crippen LogP contribution in [0.25, 0.3) is 0 Å². The fourth-order valence-corrected chi connectivity index (χ4v) is 2.96. The summed E-state index contributed by atoms with van der Waals surface area (Å²) in [4.78, 5) is 25.9. The van der Waals surface area contributed by atoms with Gasteiger partial charge in [0.2, 0.25) is 0 Å². The van der Waals surface area contributed by atoms with Crippen LogP contribution in [-0.2, 0) is 9.53 Å². The molecule has 0 spiro atoms. The third-order valence-electron chi connectivity index (χ3n) is 3.30. The van der Waals surface area contributed by atoms with Gasteiger partial charge in [-0.15, -0.1) is 0 Å². The molecule has 0 radical (unpaired) electrons. The Labute approximate surface area is 138 Å². The number of carbonyl (C=O) groups is 2. The first kappa shape index (κ1) is 16.9. The maximum absolute atomic E-state index is 12.0. The van der Waals surface area contributed by atoms with Crippen molar-refractivity contribution in [2.45, 2.75) is 26.1 Å². The molecule has 2 N–H and O–H groups in total. The predicted molar refractivity (Wildman–Crippen MR) is 86.2 cm³/mol. The first-order valence-corrected chi connectivity index (χ1v) is 7.96. The molecule has 1 aliphatic heterocycles. The number of morpholine rings is 1. The number of hydrogen-bond donors (Lipinski definition) is 2. The molecule has 2 atom stereocenters. The Morgan fingerprint density at radius 3 is 2.50 bits per heavy atom. The molecule has 6 nitrogen and oxygen atoms in total. The lowest BCUT2D eigenvalue weighted by molar-refractivity contribution is -0.126. The molecule has 0 aromatic heterocycles. The Balaban J connectivity index is 1.80. The minimum atomic E-state index is -0.357. The molecule has 0 aliphatic carbocycles. The molecule has 1 aromatic carbocycles. The zero-order chi connectivity index (χ0) is 16.1. The SMILES string of the molecule is CC1CN(CC(=O)NNC(=O)c2ccccc2Br)CC(C)O1. The number of hydrazine groups is 1. The van der Waals surface area contributed by atoms with Crippen molar-refractivity contribution in [2.75, 3.05) is 19.6 Å². The lowest BCUT2D eigenvalue weighted by atomic mass is 10.2. The van der Waals surface area contributed by atoms with E-state index >= 15 is 0 Å². The van der Waals surface area contributed by atoms with Crippen LogP contribution in [0, 0.1) is 0 Å². The van der Waals surface area contributed by atoms with Crippen molar-refractivity contribution < 1.29 is 14.3 Å². The van der Waals surface area contributed by atoms with Crippen LogP contribution in [0.5, 0.6) is 0 Å². The Morgan fingerprint density at radius 2 is 1.86 bits per heavy atom. The van der Waals surface area contributed by atoms with E-state index in [1.54, 1.807) is 18.2 Å². The normalized spacial score (nSPS) is 22.1. The minimum Gasteiger partial charge on any atom is -0.373 e. The van der Waals surface area contributed by atoms with Gasteiger partial charge >= 0.3 is 0 Å². The number of benzene rings is 1. The smallest absolute Gasteiger partial charge is 0.270 e. The van der Waals surface area contributed by atoms with Crippen LogP contribution >= 0.6 is 15.9 Å². The van der Waals surface area contributed by atoms with Crippen LogP contribution in [0.3, 0.4) is 0 Å². The lowest BCUT2D eigenvalue weighted by Crippen LogP contribution is -2.51. The minimum absolute atomic E-state index is 0.103. The molecule has 1 aliphatic rings. The van der Waals surface area contributed by atoms with Gasteiger partial charge in [-0.25, -0.2) is 0 Å². The zero-order valence-corrected chi connectivity index (χ0v) is 14.2. The third-order valence-corrected chi connectivity index (χ3v) is 3.99. The largest absolute Gasteiger partial charge is 0.373 e. The van der Waals surface area contributed by atoms with E-state index in [4.69, 9.17) is 4.74 Å². The predicted octanol–water partition coefficient (Wildman–Crippen LogP) is 1.32. The van der Waals surface area contributed by atoms with E-state index < -0.39 is 0 Å². The Hall–Kier alpha value is -1.44. The number of hydrogen-bond acceptors (Lipinski definition) is 4. The number of nitrogens with one attached hydrogen (secondary N) is 2. The van der Waals surface area contributed by atoms with E-state index in [-0.39, 0.29) is 30.6 Å². The maximum atomic E-state index is 12.0. The highest BCUT2D eigenvalue weighted by molar-refractivity contribution is 9.10. The summed E-state index contributed by atoms with van der Waals surface area (Å²) in [5.41, 5.74) is 5.34. The summed E-state index contributed by atoms with van der Waals surface area (Å²) in [6.45, 7) is 5.60. The monoisotopic (exact) mass is 369 g/mol. The molecule has 1 aromatic rings. The molecular weight excluding hydrogens is 350 g/mol. The van der Waals surface area contributed by atoms with E-state index in [1.807, 2.05) is 24.8 Å². The molecule has 7 heteroatoms. The molecular formula is C15H20BrN3O3. The van der Waals surface area contributed by atoms with Crippen LogP contribution in [-0.4, -0.2) is 48.6 Å². The van der Waals surface area contributed by atoms with Crippen molar-refractivity contribution >= 4 is 27.7 Å². The van der Waals surface area contributed by atoms with Crippen LogP contribution in [0.15, 0.2) is 28.7 Å². The lowest BCUT2D eigenvalue weighted by Gasteiger charge is -2.34. The number of rotatable bonds is 3. The number of nitrogens with zero attached hydrogens (tertiary/aromatic N) is 1. The van der Waals surface area contributed by atoms with Crippen molar-refractivity contribution in [2.24, 2.45) is 0 Å². The average molecular weight is 370 g/mol. The Bertz CT molecular complexity index is 543. The van der Waals surface area contributed by atoms with E-state index in [2.05, 4.69) is 26.8 Å². The highest BCUT2D eigenvalue weighted by Crippen LogP contribution is 2.15. The summed E-state index contributed by atoms with van der Waals surface area (Å²) in [5, 5.41) is 0. The topological polar surface area (TPSA) is 70.7 Å². The van der Waals surface area contributed by atoms with E-state index in [0.29, 0.717) is 23.1 Å². The number of amides is 2. The van der Waals surface area contributed by atoms with Crippen molar-refractivity contribution in [3.05, 3.63) is 34.3 Å². The van der Waals surface area contributed by atoms with Gasteiger partial charge in [0.1, 0.15) is 0 Å². The van der Waals surface area contributed by atoms with Crippen LogP contribution in [0.2, 0.25) is 0 Å². The summed E-state index contributed by atoms with van der Waals surface area (Å²) in [6, 6.07) is 7.03. The number of halogens is 1. The van der Waals surface area contributed by atoms with Gasteiger partial charge < -0.3 is 4.74 Å². The van der Waals surface area contributed by atoms with Gasteiger partial charge in [0, 0.05) is 17.6 Å². The van der Waals surface area contributed by atoms with Gasteiger partial charge in [0.15, 0.2) is 0 Å². The summed E-state index contributed by atoms with van der Waals surface area (Å²) in [7, 11) is 0. The molecule has 0 saturated carbocycles. The molecule has 120 valence electrons. The van der Waals surface area contributed by atoms with Gasteiger partial charge in [-0.2, -0.15) is 0 Å². The van der Waals surface area contributed by atoms with Gasteiger partial charge in [-0.3, -0.25) is 25.3 Å². The first-order valence-electron chi connectivity index (χ1n) is 7.17. The molecule has 22 heavy (non-hydrogen) atoms. The quantitative estimate of drug-likeness (QED) is 0.788. The van der Waals surface area contributed by atoms with Gasteiger partial charge in [-0.05, 0) is 41.9 Å². The van der Waals surface area contributed by atoms with Crippen molar-refractivity contribution in [3.8, 4) is 0 Å². The third kappa shape index (κ3) is 4.79.